The predicted octanol–water partition coefficient (Wildman–Crippen LogP) is 0.595. The molecule has 1 aromatic rings. The van der Waals surface area contributed by atoms with Gasteiger partial charge in [0.1, 0.15) is 12.1 Å². The van der Waals surface area contributed by atoms with Crippen molar-refractivity contribution in [1.82, 2.24) is 4.90 Å². The normalized spacial score (nSPS) is 14.8. The number of carbonyl (C=O) groups is 2. The van der Waals surface area contributed by atoms with Crippen molar-refractivity contribution in [2.24, 2.45) is 27.2 Å². The Bertz CT molecular complexity index is 777. The van der Waals surface area contributed by atoms with Gasteiger partial charge in [0, 0.05) is 5.69 Å². The van der Waals surface area contributed by atoms with Crippen molar-refractivity contribution in [2.45, 2.75) is 32.9 Å². The van der Waals surface area contributed by atoms with E-state index in [1.807, 2.05) is 0 Å². The molecule has 2 amide bonds. The second-order valence-corrected chi connectivity index (χ2v) is 6.73. The lowest BCUT2D eigenvalue weighted by Crippen LogP contribution is -2.39. The molecule has 1 aliphatic rings. The molecule has 1 aliphatic heterocycles. The van der Waals surface area contributed by atoms with Gasteiger partial charge in [0.25, 0.3) is 0 Å². The van der Waals surface area contributed by atoms with Crippen molar-refractivity contribution in [2.75, 3.05) is 11.9 Å². The molecule has 0 saturated heterocycles. The summed E-state index contributed by atoms with van der Waals surface area (Å²) in [7, 11) is 0. The van der Waals surface area contributed by atoms with Crippen LogP contribution in [-0.4, -0.2) is 41.0 Å². The summed E-state index contributed by atoms with van der Waals surface area (Å²) in [5.74, 6) is -0.623. The Morgan fingerprint density at radius 2 is 1.92 bits per heavy atom. The largest absolute Gasteiger partial charge is 0.444 e. The van der Waals surface area contributed by atoms with Crippen molar-refractivity contribution < 1.29 is 14.3 Å². The highest BCUT2D eigenvalue weighted by Crippen LogP contribution is 2.26. The Morgan fingerprint density at radius 3 is 2.54 bits per heavy atom. The molecular formula is C16H23N7O3. The third-order valence-corrected chi connectivity index (χ3v) is 3.20. The zero-order chi connectivity index (χ0) is 19.5. The second kappa shape index (κ2) is 7.30. The van der Waals surface area contributed by atoms with Gasteiger partial charge in [-0.15, -0.1) is 0 Å². The summed E-state index contributed by atoms with van der Waals surface area (Å²) in [4.78, 5) is 33.4. The van der Waals surface area contributed by atoms with Crippen LogP contribution in [0.2, 0.25) is 0 Å². The first-order valence-electron chi connectivity index (χ1n) is 7.88. The second-order valence-electron chi connectivity index (χ2n) is 6.73. The van der Waals surface area contributed by atoms with E-state index in [4.69, 9.17) is 21.9 Å². The fourth-order valence-electron chi connectivity index (χ4n) is 2.27. The molecule has 1 heterocycles. The lowest BCUT2D eigenvalue weighted by molar-refractivity contribution is -0.117. The highest BCUT2D eigenvalue weighted by molar-refractivity contribution is 5.96. The number of fused-ring (bicyclic) bond motifs is 1. The van der Waals surface area contributed by atoms with Crippen LogP contribution in [0.15, 0.2) is 28.2 Å². The number of nitrogens with one attached hydrogen (secondary N) is 1. The number of rotatable bonds is 1. The quantitative estimate of drug-likeness (QED) is 0.423. The van der Waals surface area contributed by atoms with Crippen LogP contribution in [0.4, 0.5) is 16.2 Å². The maximum atomic E-state index is 12.3. The minimum Gasteiger partial charge on any atom is -0.444 e. The van der Waals surface area contributed by atoms with E-state index in [1.165, 1.54) is 4.90 Å². The molecule has 0 saturated carbocycles. The van der Waals surface area contributed by atoms with Gasteiger partial charge in [0.15, 0.2) is 5.96 Å². The molecule has 0 atom stereocenters. The summed E-state index contributed by atoms with van der Waals surface area (Å²) >= 11 is 0. The molecule has 0 fully saturated rings. The Kier molecular flexibility index (Phi) is 5.34. The average Bonchev–Trinajstić information content (AvgIpc) is 2.62. The fourth-order valence-corrected chi connectivity index (χ4v) is 2.27. The molecular weight excluding hydrogens is 338 g/mol. The summed E-state index contributed by atoms with van der Waals surface area (Å²) < 4.78 is 5.35. The van der Waals surface area contributed by atoms with Gasteiger partial charge in [-0.25, -0.2) is 9.79 Å². The number of ether oxygens (including phenoxy) is 1. The number of aliphatic imine (C=N–C) groups is 2. The van der Waals surface area contributed by atoms with Gasteiger partial charge in [0.2, 0.25) is 11.9 Å². The molecule has 7 N–H and O–H groups in total. The predicted molar refractivity (Wildman–Crippen MR) is 98.8 cm³/mol. The van der Waals surface area contributed by atoms with Crippen molar-refractivity contribution in [3.63, 3.8) is 0 Å². The number of anilines is 1. The number of benzene rings is 1. The van der Waals surface area contributed by atoms with E-state index in [-0.39, 0.29) is 30.9 Å². The molecule has 10 nitrogen and oxygen atoms in total. The Hall–Kier alpha value is -3.30. The summed E-state index contributed by atoms with van der Waals surface area (Å²) in [6, 6.07) is 5.01. The Labute approximate surface area is 151 Å². The third kappa shape index (κ3) is 5.36. The highest BCUT2D eigenvalue weighted by Gasteiger charge is 2.27. The van der Waals surface area contributed by atoms with Crippen LogP contribution in [-0.2, 0) is 16.1 Å². The van der Waals surface area contributed by atoms with E-state index in [9.17, 15) is 9.59 Å². The van der Waals surface area contributed by atoms with Crippen molar-refractivity contribution in [3.05, 3.63) is 23.8 Å². The van der Waals surface area contributed by atoms with E-state index in [2.05, 4.69) is 15.3 Å². The van der Waals surface area contributed by atoms with Gasteiger partial charge in [-0.1, -0.05) is 0 Å². The zero-order valence-electron chi connectivity index (χ0n) is 14.9. The van der Waals surface area contributed by atoms with Crippen LogP contribution in [0.1, 0.15) is 26.3 Å². The molecule has 10 heteroatoms. The molecule has 0 aromatic heterocycles. The zero-order valence-corrected chi connectivity index (χ0v) is 14.9. The molecule has 0 bridgehead atoms. The molecule has 0 spiro atoms. The molecule has 26 heavy (non-hydrogen) atoms. The van der Waals surface area contributed by atoms with Crippen LogP contribution in [0.5, 0.6) is 0 Å². The number of nitrogens with zero attached hydrogens (tertiary/aromatic N) is 3. The molecule has 0 radical (unpaired) electrons. The fraction of sp³-hybridized carbons (Fsp3) is 0.375. The monoisotopic (exact) mass is 361 g/mol. The van der Waals surface area contributed by atoms with Crippen LogP contribution in [0.25, 0.3) is 0 Å². The SMILES string of the molecule is CC(C)(C)OC(=O)N1CC(=O)Nc2ccc(N=C(N)N=C(N)N)cc2C1. The third-order valence-electron chi connectivity index (χ3n) is 3.20. The molecule has 2 rings (SSSR count). The number of carbonyl (C=O) groups excluding carboxylic acids is 2. The number of nitrogens with two attached hydrogens (primary N) is 3. The van der Waals surface area contributed by atoms with E-state index < -0.39 is 11.7 Å². The van der Waals surface area contributed by atoms with Gasteiger partial charge in [-0.2, -0.15) is 4.99 Å². The van der Waals surface area contributed by atoms with E-state index in [1.54, 1.807) is 39.0 Å². The van der Waals surface area contributed by atoms with Crippen molar-refractivity contribution in [1.29, 1.82) is 0 Å². The standard InChI is InChI=1S/C16H23N7O3/c1-16(2,3)26-15(25)23-7-9-6-10(20-14(19)22-13(17)18)4-5-11(9)21-12(24)8-23/h4-6H,7-8H2,1-3H3,(H,21,24)(H6,17,18,19,20,22). The maximum absolute atomic E-state index is 12.3. The average molecular weight is 361 g/mol. The first-order valence-corrected chi connectivity index (χ1v) is 7.88. The summed E-state index contributed by atoms with van der Waals surface area (Å²) in [6.45, 7) is 5.34. The lowest BCUT2D eigenvalue weighted by atomic mass is 10.1. The summed E-state index contributed by atoms with van der Waals surface area (Å²) in [5, 5.41) is 2.75. The van der Waals surface area contributed by atoms with Gasteiger partial charge in [-0.3, -0.25) is 9.69 Å². The molecule has 0 aliphatic carbocycles. The minimum absolute atomic E-state index is 0.105. The maximum Gasteiger partial charge on any atom is 0.411 e. The van der Waals surface area contributed by atoms with Crippen LogP contribution < -0.4 is 22.5 Å². The topological polar surface area (TPSA) is 161 Å². The van der Waals surface area contributed by atoms with Crippen LogP contribution in [0.3, 0.4) is 0 Å². The van der Waals surface area contributed by atoms with E-state index in [0.717, 1.165) is 0 Å². The van der Waals surface area contributed by atoms with Crippen molar-refractivity contribution in [3.8, 4) is 0 Å². The van der Waals surface area contributed by atoms with Crippen molar-refractivity contribution >= 4 is 35.3 Å². The Balaban J connectivity index is 2.30. The van der Waals surface area contributed by atoms with Gasteiger partial charge in [0.05, 0.1) is 12.2 Å². The first-order chi connectivity index (χ1) is 12.0. The minimum atomic E-state index is -0.663. The van der Waals surface area contributed by atoms with Crippen LogP contribution >= 0.6 is 0 Å². The number of hydrogen-bond donors (Lipinski definition) is 4. The highest BCUT2D eigenvalue weighted by atomic mass is 16.6. The summed E-state index contributed by atoms with van der Waals surface area (Å²) in [6.07, 6.45) is -0.575. The number of amides is 2. The van der Waals surface area contributed by atoms with Gasteiger partial charge < -0.3 is 27.3 Å². The molecule has 1 aromatic carbocycles. The van der Waals surface area contributed by atoms with Crippen LogP contribution in [0, 0.1) is 0 Å². The van der Waals surface area contributed by atoms with E-state index in [0.29, 0.717) is 16.9 Å². The molecule has 140 valence electrons. The lowest BCUT2D eigenvalue weighted by Gasteiger charge is -2.25. The Morgan fingerprint density at radius 1 is 1.23 bits per heavy atom. The van der Waals surface area contributed by atoms with Gasteiger partial charge in [-0.05, 0) is 44.5 Å². The first kappa shape index (κ1) is 19.0. The van der Waals surface area contributed by atoms with Gasteiger partial charge >= 0.3 is 6.09 Å². The molecule has 0 unspecified atom stereocenters. The van der Waals surface area contributed by atoms with E-state index >= 15 is 0 Å². The summed E-state index contributed by atoms with van der Waals surface area (Å²) in [5.41, 5.74) is 17.2. The number of guanidine groups is 2. The number of hydrogen-bond acceptors (Lipinski definition) is 4. The smallest absolute Gasteiger partial charge is 0.411 e.